The zero-order valence-electron chi connectivity index (χ0n) is 11.3. The average Bonchev–Trinajstić information content (AvgIpc) is 2.81. The molecule has 1 amide bonds. The number of hydrogen-bond donors (Lipinski definition) is 0. The molecule has 1 heterocycles. The van der Waals surface area contributed by atoms with Crippen LogP contribution in [0.25, 0.3) is 20.2 Å². The SMILES string of the molecule is CON(C)C(=O)c1cc2c(cc1F)sc1ccc(Br)cc12. The summed E-state index contributed by atoms with van der Waals surface area (Å²) in [5.74, 6) is -1.05. The molecule has 0 N–H and O–H groups in total. The van der Waals surface area contributed by atoms with Crippen molar-refractivity contribution >= 4 is 53.3 Å². The van der Waals surface area contributed by atoms with Crippen LogP contribution in [0, 0.1) is 5.82 Å². The van der Waals surface area contributed by atoms with Gasteiger partial charge in [-0.25, -0.2) is 9.45 Å². The van der Waals surface area contributed by atoms with Gasteiger partial charge >= 0.3 is 0 Å². The highest BCUT2D eigenvalue weighted by molar-refractivity contribution is 9.10. The number of fused-ring (bicyclic) bond motifs is 3. The molecule has 108 valence electrons. The van der Waals surface area contributed by atoms with Crippen LogP contribution >= 0.6 is 27.3 Å². The molecule has 0 saturated heterocycles. The van der Waals surface area contributed by atoms with Crippen molar-refractivity contribution < 1.29 is 14.0 Å². The molecule has 1 aromatic heterocycles. The van der Waals surface area contributed by atoms with Crippen LogP contribution in [-0.2, 0) is 4.84 Å². The van der Waals surface area contributed by atoms with Gasteiger partial charge in [0.25, 0.3) is 5.91 Å². The molecular formula is C15H11BrFNO2S. The van der Waals surface area contributed by atoms with Gasteiger partial charge in [-0.05, 0) is 30.3 Å². The number of carbonyl (C=O) groups excluding carboxylic acids is 1. The normalized spacial score (nSPS) is 11.2. The lowest BCUT2D eigenvalue weighted by molar-refractivity contribution is -0.0759. The molecule has 3 aromatic rings. The Bertz CT molecular complexity index is 862. The highest BCUT2D eigenvalue weighted by Gasteiger charge is 2.19. The van der Waals surface area contributed by atoms with Crippen LogP contribution in [0.1, 0.15) is 10.4 Å². The molecule has 0 unspecified atom stereocenters. The maximum absolute atomic E-state index is 14.2. The second-order valence-corrected chi connectivity index (χ2v) is 6.56. The monoisotopic (exact) mass is 367 g/mol. The Balaban J connectivity index is 2.28. The number of hydrogen-bond acceptors (Lipinski definition) is 3. The Kier molecular flexibility index (Phi) is 3.69. The summed E-state index contributed by atoms with van der Waals surface area (Å²) in [6.07, 6.45) is 0. The van der Waals surface area contributed by atoms with E-state index in [2.05, 4.69) is 15.9 Å². The Morgan fingerprint density at radius 1 is 1.24 bits per heavy atom. The van der Waals surface area contributed by atoms with Crippen LogP contribution in [0.2, 0.25) is 0 Å². The second-order valence-electron chi connectivity index (χ2n) is 4.56. The van der Waals surface area contributed by atoms with Gasteiger partial charge in [0.15, 0.2) is 0 Å². The molecule has 2 aromatic carbocycles. The fourth-order valence-corrected chi connectivity index (χ4v) is 3.64. The van der Waals surface area contributed by atoms with Crippen molar-refractivity contribution in [2.45, 2.75) is 0 Å². The summed E-state index contributed by atoms with van der Waals surface area (Å²) in [5.41, 5.74) is 0.00604. The molecule has 21 heavy (non-hydrogen) atoms. The van der Waals surface area contributed by atoms with Crippen molar-refractivity contribution in [3.05, 3.63) is 46.2 Å². The number of carbonyl (C=O) groups is 1. The smallest absolute Gasteiger partial charge is 0.274 e. The molecule has 3 nitrogen and oxygen atoms in total. The summed E-state index contributed by atoms with van der Waals surface area (Å²) < 4.78 is 17.0. The van der Waals surface area contributed by atoms with E-state index in [1.807, 2.05) is 18.2 Å². The maximum atomic E-state index is 14.2. The molecular weight excluding hydrogens is 357 g/mol. The molecule has 0 aliphatic heterocycles. The van der Waals surface area contributed by atoms with E-state index in [4.69, 9.17) is 4.84 Å². The number of benzene rings is 2. The van der Waals surface area contributed by atoms with Crippen LogP contribution in [0.3, 0.4) is 0 Å². The van der Waals surface area contributed by atoms with Crippen molar-refractivity contribution in [3.8, 4) is 0 Å². The molecule has 0 bridgehead atoms. The largest absolute Gasteiger partial charge is 0.280 e. The molecule has 6 heteroatoms. The van der Waals surface area contributed by atoms with Crippen LogP contribution in [0.5, 0.6) is 0 Å². The molecule has 0 saturated carbocycles. The highest BCUT2D eigenvalue weighted by Crippen LogP contribution is 2.36. The Hall–Kier alpha value is -1.50. The van der Waals surface area contributed by atoms with Crippen molar-refractivity contribution in [3.63, 3.8) is 0 Å². The van der Waals surface area contributed by atoms with E-state index >= 15 is 0 Å². The molecule has 0 radical (unpaired) electrons. The Morgan fingerprint density at radius 3 is 2.67 bits per heavy atom. The van der Waals surface area contributed by atoms with E-state index in [1.54, 1.807) is 6.07 Å². The first-order valence-electron chi connectivity index (χ1n) is 6.14. The lowest BCUT2D eigenvalue weighted by Crippen LogP contribution is -2.26. The number of amides is 1. The Morgan fingerprint density at radius 2 is 1.95 bits per heavy atom. The molecule has 0 aliphatic rings. The number of thiophene rings is 1. The van der Waals surface area contributed by atoms with Gasteiger partial charge in [0.1, 0.15) is 5.82 Å². The van der Waals surface area contributed by atoms with E-state index < -0.39 is 11.7 Å². The van der Waals surface area contributed by atoms with Gasteiger partial charge in [0.2, 0.25) is 0 Å². The minimum atomic E-state index is -0.540. The first kappa shape index (κ1) is 14.4. The predicted molar refractivity (Wildman–Crippen MR) is 86.1 cm³/mol. The third kappa shape index (κ3) is 2.43. The van der Waals surface area contributed by atoms with E-state index in [-0.39, 0.29) is 5.56 Å². The van der Waals surface area contributed by atoms with Gasteiger partial charge in [-0.2, -0.15) is 0 Å². The summed E-state index contributed by atoms with van der Waals surface area (Å²) in [6, 6.07) is 8.89. The number of hydroxylamine groups is 2. The minimum Gasteiger partial charge on any atom is -0.274 e. The topological polar surface area (TPSA) is 29.5 Å². The fraction of sp³-hybridized carbons (Fsp3) is 0.133. The molecule has 0 aliphatic carbocycles. The van der Waals surface area contributed by atoms with E-state index in [9.17, 15) is 9.18 Å². The zero-order chi connectivity index (χ0) is 15.1. The molecule has 0 spiro atoms. The minimum absolute atomic E-state index is 0.00604. The van der Waals surface area contributed by atoms with Crippen LogP contribution < -0.4 is 0 Å². The Labute approximate surface area is 133 Å². The van der Waals surface area contributed by atoms with Gasteiger partial charge in [0.05, 0.1) is 12.7 Å². The molecule has 0 fully saturated rings. The van der Waals surface area contributed by atoms with Crippen molar-refractivity contribution in [1.29, 1.82) is 0 Å². The van der Waals surface area contributed by atoms with Crippen molar-refractivity contribution in [1.82, 2.24) is 5.06 Å². The lowest BCUT2D eigenvalue weighted by atomic mass is 10.1. The highest BCUT2D eigenvalue weighted by atomic mass is 79.9. The average molecular weight is 368 g/mol. The number of nitrogens with zero attached hydrogens (tertiary/aromatic N) is 1. The van der Waals surface area contributed by atoms with Crippen molar-refractivity contribution in [2.24, 2.45) is 0 Å². The fourth-order valence-electron chi connectivity index (χ4n) is 2.19. The van der Waals surface area contributed by atoms with E-state index in [1.165, 1.54) is 31.6 Å². The first-order valence-corrected chi connectivity index (χ1v) is 7.75. The van der Waals surface area contributed by atoms with E-state index in [0.29, 0.717) is 0 Å². The van der Waals surface area contributed by atoms with Gasteiger partial charge < -0.3 is 0 Å². The molecule has 3 rings (SSSR count). The summed E-state index contributed by atoms with van der Waals surface area (Å²) in [4.78, 5) is 17.0. The summed E-state index contributed by atoms with van der Waals surface area (Å²) in [6.45, 7) is 0. The van der Waals surface area contributed by atoms with Gasteiger partial charge in [-0.3, -0.25) is 9.63 Å². The quantitative estimate of drug-likeness (QED) is 0.620. The lowest BCUT2D eigenvalue weighted by Gasteiger charge is -2.14. The second kappa shape index (κ2) is 5.36. The number of rotatable bonds is 2. The van der Waals surface area contributed by atoms with E-state index in [0.717, 1.165) is 29.7 Å². The number of halogens is 2. The first-order chi connectivity index (χ1) is 10.0. The summed E-state index contributed by atoms with van der Waals surface area (Å²) >= 11 is 4.94. The summed E-state index contributed by atoms with van der Waals surface area (Å²) in [5, 5.41) is 2.87. The zero-order valence-corrected chi connectivity index (χ0v) is 13.7. The van der Waals surface area contributed by atoms with Crippen LogP contribution in [0.15, 0.2) is 34.8 Å². The van der Waals surface area contributed by atoms with Gasteiger partial charge in [0, 0.05) is 31.7 Å². The molecule has 0 atom stereocenters. The maximum Gasteiger partial charge on any atom is 0.280 e. The van der Waals surface area contributed by atoms with Crippen molar-refractivity contribution in [2.75, 3.05) is 14.2 Å². The predicted octanol–water partition coefficient (Wildman–Crippen LogP) is 4.59. The van der Waals surface area contributed by atoms with Gasteiger partial charge in [-0.15, -0.1) is 11.3 Å². The third-order valence-corrected chi connectivity index (χ3v) is 4.94. The summed E-state index contributed by atoms with van der Waals surface area (Å²) in [7, 11) is 2.82. The van der Waals surface area contributed by atoms with Crippen LogP contribution in [0.4, 0.5) is 4.39 Å². The van der Waals surface area contributed by atoms with Crippen LogP contribution in [-0.4, -0.2) is 25.1 Å². The standard InChI is InChI=1S/C15H11BrFNO2S/c1-18(20-2)15(19)11-6-10-9-5-8(16)3-4-13(9)21-14(10)7-12(11)17/h3-7H,1-2H3. The third-order valence-electron chi connectivity index (χ3n) is 3.31. The van der Waals surface area contributed by atoms with Gasteiger partial charge in [-0.1, -0.05) is 15.9 Å².